The van der Waals surface area contributed by atoms with E-state index in [4.69, 9.17) is 5.73 Å². The Balaban J connectivity index is 2.84. The smallest absolute Gasteiger partial charge is 0.231 e. The summed E-state index contributed by atoms with van der Waals surface area (Å²) in [5.74, 6) is 0.0204. The molecule has 0 saturated carbocycles. The summed E-state index contributed by atoms with van der Waals surface area (Å²) in [6.07, 6.45) is 1.52. The van der Waals surface area contributed by atoms with Crippen LogP contribution in [0.1, 0.15) is 26.7 Å². The van der Waals surface area contributed by atoms with Crippen LogP contribution < -0.4 is 11.1 Å². The minimum absolute atomic E-state index is 0.0204. The van der Waals surface area contributed by atoms with E-state index in [0.29, 0.717) is 6.54 Å². The summed E-state index contributed by atoms with van der Waals surface area (Å²) in [5.41, 5.74) is 6.14. The zero-order valence-corrected chi connectivity index (χ0v) is 12.5. The van der Waals surface area contributed by atoms with Crippen molar-refractivity contribution < 1.29 is 4.79 Å². The number of carbonyl (C=O) groups excluding carboxylic acids is 1. The van der Waals surface area contributed by atoms with Gasteiger partial charge in [-0.25, -0.2) is 0 Å². The molecule has 0 spiro atoms. The highest BCUT2D eigenvalue weighted by Crippen LogP contribution is 2.27. The quantitative estimate of drug-likeness (QED) is 0.806. The number of nitrogens with one attached hydrogen (secondary N) is 1. The van der Waals surface area contributed by atoms with E-state index in [9.17, 15) is 4.79 Å². The average molecular weight is 346 g/mol. The fraction of sp³-hybridized carbons (Fsp3) is 0.462. The Morgan fingerprint density at radius 1 is 1.41 bits per heavy atom. The predicted octanol–water partition coefficient (Wildman–Crippen LogP) is 2.99. The van der Waals surface area contributed by atoms with Crippen LogP contribution in [0.3, 0.4) is 0 Å². The molecule has 0 radical (unpaired) electrons. The van der Waals surface area contributed by atoms with Crippen LogP contribution in [0, 0.1) is 8.99 Å². The number of benzene rings is 1. The van der Waals surface area contributed by atoms with Crippen molar-refractivity contribution in [1.29, 1.82) is 0 Å². The second-order valence-electron chi connectivity index (χ2n) is 4.16. The summed E-state index contributed by atoms with van der Waals surface area (Å²) >= 11 is 2.23. The van der Waals surface area contributed by atoms with Gasteiger partial charge in [0.1, 0.15) is 0 Å². The highest BCUT2D eigenvalue weighted by atomic mass is 127. The maximum atomic E-state index is 12.2. The fourth-order valence-electron chi connectivity index (χ4n) is 1.78. The molecule has 94 valence electrons. The Labute approximate surface area is 116 Å². The second-order valence-corrected chi connectivity index (χ2v) is 5.40. The van der Waals surface area contributed by atoms with E-state index in [0.717, 1.165) is 22.1 Å². The van der Waals surface area contributed by atoms with Crippen molar-refractivity contribution in [3.63, 3.8) is 0 Å². The number of rotatable bonds is 5. The summed E-state index contributed by atoms with van der Waals surface area (Å²) in [6, 6.07) is 7.77. The molecule has 0 atom stereocenters. The van der Waals surface area contributed by atoms with Gasteiger partial charge in [0, 0.05) is 15.8 Å². The summed E-state index contributed by atoms with van der Waals surface area (Å²) in [7, 11) is 0. The highest BCUT2D eigenvalue weighted by Gasteiger charge is 2.33. The molecule has 0 aliphatic heterocycles. The maximum absolute atomic E-state index is 12.2. The lowest BCUT2D eigenvalue weighted by molar-refractivity contribution is -0.125. The Bertz CT molecular complexity index is 380. The Morgan fingerprint density at radius 2 is 2.06 bits per heavy atom. The number of nitrogens with two attached hydrogens (primary N) is 1. The van der Waals surface area contributed by atoms with Crippen LogP contribution in [0.2, 0.25) is 0 Å². The standard InChI is InChI=1S/C13H19IN2O/c1-3-13(4-2,9-15)12(17)16-11-7-5-6-10(14)8-11/h5-8H,3-4,9,15H2,1-2H3,(H,16,17). The molecule has 1 rings (SSSR count). The second kappa shape index (κ2) is 6.35. The Morgan fingerprint density at radius 3 is 2.53 bits per heavy atom. The van der Waals surface area contributed by atoms with Crippen LogP contribution in [0.4, 0.5) is 5.69 Å². The molecule has 0 aromatic heterocycles. The van der Waals surface area contributed by atoms with Gasteiger partial charge in [-0.05, 0) is 53.6 Å². The molecule has 3 nitrogen and oxygen atoms in total. The number of halogens is 1. The highest BCUT2D eigenvalue weighted by molar-refractivity contribution is 14.1. The number of anilines is 1. The van der Waals surface area contributed by atoms with Crippen LogP contribution in [-0.2, 0) is 4.79 Å². The van der Waals surface area contributed by atoms with Gasteiger partial charge in [-0.2, -0.15) is 0 Å². The SMILES string of the molecule is CCC(CC)(CN)C(=O)Nc1cccc(I)c1. The van der Waals surface area contributed by atoms with Crippen molar-refractivity contribution in [2.24, 2.45) is 11.1 Å². The minimum Gasteiger partial charge on any atom is -0.329 e. The van der Waals surface area contributed by atoms with Crippen molar-refractivity contribution >= 4 is 34.2 Å². The Kier molecular flexibility index (Phi) is 5.39. The van der Waals surface area contributed by atoms with E-state index >= 15 is 0 Å². The topological polar surface area (TPSA) is 55.1 Å². The summed E-state index contributed by atoms with van der Waals surface area (Å²) < 4.78 is 1.10. The van der Waals surface area contributed by atoms with Crippen molar-refractivity contribution in [2.45, 2.75) is 26.7 Å². The van der Waals surface area contributed by atoms with Gasteiger partial charge in [-0.15, -0.1) is 0 Å². The molecule has 1 aromatic carbocycles. The summed E-state index contributed by atoms with van der Waals surface area (Å²) in [5, 5.41) is 2.95. The van der Waals surface area contributed by atoms with Crippen LogP contribution >= 0.6 is 22.6 Å². The van der Waals surface area contributed by atoms with Gasteiger partial charge in [-0.1, -0.05) is 19.9 Å². The first-order chi connectivity index (χ1) is 8.07. The molecule has 0 bridgehead atoms. The third-order valence-corrected chi connectivity index (χ3v) is 3.98. The predicted molar refractivity (Wildman–Crippen MR) is 79.9 cm³/mol. The van der Waals surface area contributed by atoms with Gasteiger partial charge in [0.05, 0.1) is 5.41 Å². The van der Waals surface area contributed by atoms with Gasteiger partial charge in [0.25, 0.3) is 0 Å². The Hall–Kier alpha value is -0.620. The summed E-state index contributed by atoms with van der Waals surface area (Å²) in [4.78, 5) is 12.2. The normalized spacial score (nSPS) is 11.3. The van der Waals surface area contributed by atoms with Gasteiger partial charge in [-0.3, -0.25) is 4.79 Å². The minimum atomic E-state index is -0.443. The first-order valence-corrected chi connectivity index (χ1v) is 6.93. The molecular weight excluding hydrogens is 327 g/mol. The van der Waals surface area contributed by atoms with Gasteiger partial charge in [0.2, 0.25) is 5.91 Å². The molecule has 17 heavy (non-hydrogen) atoms. The molecule has 1 amide bonds. The van der Waals surface area contributed by atoms with E-state index in [1.165, 1.54) is 0 Å². The van der Waals surface area contributed by atoms with E-state index < -0.39 is 5.41 Å². The molecule has 0 heterocycles. The fourth-order valence-corrected chi connectivity index (χ4v) is 2.33. The monoisotopic (exact) mass is 346 g/mol. The summed E-state index contributed by atoms with van der Waals surface area (Å²) in [6.45, 7) is 4.39. The zero-order valence-electron chi connectivity index (χ0n) is 10.3. The third-order valence-electron chi connectivity index (χ3n) is 3.31. The van der Waals surface area contributed by atoms with Crippen molar-refractivity contribution in [2.75, 3.05) is 11.9 Å². The van der Waals surface area contributed by atoms with Crippen molar-refractivity contribution in [3.8, 4) is 0 Å². The van der Waals surface area contributed by atoms with Crippen LogP contribution in [0.15, 0.2) is 24.3 Å². The molecule has 4 heteroatoms. The molecule has 0 aliphatic rings. The molecular formula is C13H19IN2O. The van der Waals surface area contributed by atoms with E-state index in [1.807, 2.05) is 38.1 Å². The van der Waals surface area contributed by atoms with Gasteiger partial charge in [0.15, 0.2) is 0 Å². The van der Waals surface area contributed by atoms with Crippen molar-refractivity contribution in [3.05, 3.63) is 27.8 Å². The lowest BCUT2D eigenvalue weighted by Gasteiger charge is -2.28. The molecule has 0 saturated heterocycles. The van der Waals surface area contributed by atoms with Crippen LogP contribution in [-0.4, -0.2) is 12.5 Å². The lowest BCUT2D eigenvalue weighted by atomic mass is 9.81. The van der Waals surface area contributed by atoms with Crippen LogP contribution in [0.5, 0.6) is 0 Å². The zero-order chi connectivity index (χ0) is 12.9. The van der Waals surface area contributed by atoms with E-state index in [1.54, 1.807) is 0 Å². The first-order valence-electron chi connectivity index (χ1n) is 5.85. The average Bonchev–Trinajstić information content (AvgIpc) is 2.32. The number of hydrogen-bond donors (Lipinski definition) is 2. The first kappa shape index (κ1) is 14.4. The van der Waals surface area contributed by atoms with Gasteiger partial charge < -0.3 is 11.1 Å². The van der Waals surface area contributed by atoms with E-state index in [-0.39, 0.29) is 5.91 Å². The maximum Gasteiger partial charge on any atom is 0.231 e. The van der Waals surface area contributed by atoms with Crippen LogP contribution in [0.25, 0.3) is 0 Å². The third kappa shape index (κ3) is 3.42. The van der Waals surface area contributed by atoms with Crippen molar-refractivity contribution in [1.82, 2.24) is 0 Å². The molecule has 0 unspecified atom stereocenters. The molecule has 0 aliphatic carbocycles. The molecule has 0 fully saturated rings. The number of carbonyl (C=O) groups is 1. The molecule has 3 N–H and O–H groups in total. The molecule has 1 aromatic rings. The largest absolute Gasteiger partial charge is 0.329 e. The number of hydrogen-bond acceptors (Lipinski definition) is 2. The number of amides is 1. The lowest BCUT2D eigenvalue weighted by Crippen LogP contribution is -2.41. The van der Waals surface area contributed by atoms with Gasteiger partial charge >= 0.3 is 0 Å². The van der Waals surface area contributed by atoms with E-state index in [2.05, 4.69) is 27.9 Å².